The highest BCUT2D eigenvalue weighted by atomic mass is 32.2. The smallest absolute Gasteiger partial charge is 0.228 e. The summed E-state index contributed by atoms with van der Waals surface area (Å²) in [7, 11) is -3.24. The fourth-order valence-electron chi connectivity index (χ4n) is 3.58. The third-order valence-corrected chi connectivity index (χ3v) is 6.85. The maximum absolute atomic E-state index is 12.4. The number of hydrogen-bond acceptors (Lipinski definition) is 4. The second-order valence-corrected chi connectivity index (χ2v) is 9.16. The number of carbonyl (C=O) groups excluding carboxylic acids is 1. The molecule has 0 bridgehead atoms. The van der Waals surface area contributed by atoms with Gasteiger partial charge in [-0.1, -0.05) is 6.92 Å². The van der Waals surface area contributed by atoms with Gasteiger partial charge in [0.25, 0.3) is 0 Å². The number of fused-ring (bicyclic) bond motifs is 2. The molecule has 1 aliphatic carbocycles. The van der Waals surface area contributed by atoms with E-state index in [1.807, 2.05) is 0 Å². The van der Waals surface area contributed by atoms with E-state index < -0.39 is 9.84 Å². The van der Waals surface area contributed by atoms with Crippen LogP contribution >= 0.6 is 0 Å². The van der Waals surface area contributed by atoms with E-state index in [1.165, 1.54) is 29.7 Å². The van der Waals surface area contributed by atoms with Gasteiger partial charge in [-0.25, -0.2) is 8.42 Å². The molecule has 1 N–H and O–H groups in total. The molecule has 6 heteroatoms. The average molecular weight is 383 g/mol. The van der Waals surface area contributed by atoms with Crippen LogP contribution in [0.15, 0.2) is 52.0 Å². The van der Waals surface area contributed by atoms with Gasteiger partial charge in [-0.05, 0) is 66.8 Å². The number of anilines is 1. The fourth-order valence-corrected chi connectivity index (χ4v) is 4.46. The first kappa shape index (κ1) is 17.8. The Morgan fingerprint density at radius 3 is 2.52 bits per heavy atom. The van der Waals surface area contributed by atoms with Gasteiger partial charge < -0.3 is 9.73 Å². The van der Waals surface area contributed by atoms with Crippen LogP contribution in [0.5, 0.6) is 0 Å². The maximum Gasteiger partial charge on any atom is 0.228 e. The van der Waals surface area contributed by atoms with E-state index in [-0.39, 0.29) is 23.0 Å². The molecule has 3 aromatic rings. The number of nitrogens with one attached hydrogen (secondary N) is 1. The Hall–Kier alpha value is -2.60. The molecular formula is C21H21NO4S. The normalized spacial score (nSPS) is 13.7. The fraction of sp³-hybridized carbons (Fsp3) is 0.286. The van der Waals surface area contributed by atoms with Gasteiger partial charge in [-0.3, -0.25) is 4.79 Å². The van der Waals surface area contributed by atoms with Crippen molar-refractivity contribution in [2.75, 3.05) is 11.1 Å². The first-order chi connectivity index (χ1) is 13.0. The Morgan fingerprint density at radius 1 is 1.11 bits per heavy atom. The zero-order valence-electron chi connectivity index (χ0n) is 15.1. The summed E-state index contributed by atoms with van der Waals surface area (Å²) in [6, 6.07) is 10.5. The highest BCUT2D eigenvalue weighted by Crippen LogP contribution is 2.30. The number of rotatable bonds is 5. The predicted molar refractivity (Wildman–Crippen MR) is 105 cm³/mol. The molecule has 140 valence electrons. The number of amides is 1. The van der Waals surface area contributed by atoms with Crippen molar-refractivity contribution in [3.63, 3.8) is 0 Å². The minimum Gasteiger partial charge on any atom is -0.464 e. The minimum atomic E-state index is -3.24. The molecule has 0 radical (unpaired) electrons. The topological polar surface area (TPSA) is 76.4 Å². The maximum atomic E-state index is 12.4. The van der Waals surface area contributed by atoms with Gasteiger partial charge in [-0.2, -0.15) is 0 Å². The van der Waals surface area contributed by atoms with E-state index in [0.717, 1.165) is 29.4 Å². The Kier molecular flexibility index (Phi) is 4.52. The molecule has 2 aromatic carbocycles. The van der Waals surface area contributed by atoms with Crippen molar-refractivity contribution >= 4 is 32.4 Å². The first-order valence-corrected chi connectivity index (χ1v) is 10.8. The average Bonchev–Trinajstić information content (AvgIpc) is 3.27. The number of furan rings is 1. The molecule has 1 aliphatic rings. The predicted octanol–water partition coefficient (Wildman–Crippen LogP) is 3.90. The van der Waals surface area contributed by atoms with Gasteiger partial charge in [0, 0.05) is 16.6 Å². The zero-order chi connectivity index (χ0) is 19.0. The van der Waals surface area contributed by atoms with Crippen LogP contribution in [-0.2, 0) is 33.9 Å². The number of carbonyl (C=O) groups is 1. The molecule has 0 unspecified atom stereocenters. The lowest BCUT2D eigenvalue weighted by molar-refractivity contribution is -0.115. The third-order valence-electron chi connectivity index (χ3n) is 5.10. The lowest BCUT2D eigenvalue weighted by atomic mass is 10.0. The van der Waals surface area contributed by atoms with Crippen LogP contribution in [0.1, 0.15) is 30.0 Å². The largest absolute Gasteiger partial charge is 0.464 e. The van der Waals surface area contributed by atoms with E-state index in [0.29, 0.717) is 5.69 Å². The van der Waals surface area contributed by atoms with E-state index in [1.54, 1.807) is 25.3 Å². The summed E-state index contributed by atoms with van der Waals surface area (Å²) in [6.07, 6.45) is 5.19. The number of benzene rings is 2. The van der Waals surface area contributed by atoms with Crippen molar-refractivity contribution in [3.8, 4) is 0 Å². The Morgan fingerprint density at radius 2 is 1.81 bits per heavy atom. The van der Waals surface area contributed by atoms with Gasteiger partial charge in [0.2, 0.25) is 5.91 Å². The van der Waals surface area contributed by atoms with Crippen molar-refractivity contribution < 1.29 is 17.6 Å². The molecule has 5 nitrogen and oxygen atoms in total. The number of hydrogen-bond donors (Lipinski definition) is 1. The lowest BCUT2D eigenvalue weighted by Crippen LogP contribution is -2.14. The molecule has 27 heavy (non-hydrogen) atoms. The molecular weight excluding hydrogens is 362 g/mol. The molecule has 0 saturated heterocycles. The quantitative estimate of drug-likeness (QED) is 0.725. The van der Waals surface area contributed by atoms with Gasteiger partial charge in [0.1, 0.15) is 5.58 Å². The Bertz CT molecular complexity index is 1110. The zero-order valence-corrected chi connectivity index (χ0v) is 15.9. The van der Waals surface area contributed by atoms with Crippen molar-refractivity contribution in [2.45, 2.75) is 37.5 Å². The summed E-state index contributed by atoms with van der Waals surface area (Å²) >= 11 is 0. The summed E-state index contributed by atoms with van der Waals surface area (Å²) in [4.78, 5) is 12.7. The third kappa shape index (κ3) is 3.49. The van der Waals surface area contributed by atoms with Gasteiger partial charge in [-0.15, -0.1) is 0 Å². The monoisotopic (exact) mass is 383 g/mol. The van der Waals surface area contributed by atoms with Crippen LogP contribution in [0.4, 0.5) is 5.69 Å². The van der Waals surface area contributed by atoms with Gasteiger partial charge in [0.05, 0.1) is 23.3 Å². The summed E-state index contributed by atoms with van der Waals surface area (Å²) in [5, 5.41) is 3.81. The molecule has 1 amide bonds. The van der Waals surface area contributed by atoms with Crippen LogP contribution in [0.25, 0.3) is 11.0 Å². The summed E-state index contributed by atoms with van der Waals surface area (Å²) in [5.74, 6) is -0.111. The van der Waals surface area contributed by atoms with Crippen LogP contribution in [0, 0.1) is 0 Å². The second-order valence-electron chi connectivity index (χ2n) is 6.88. The summed E-state index contributed by atoms with van der Waals surface area (Å²) < 4.78 is 29.4. The van der Waals surface area contributed by atoms with Crippen molar-refractivity contribution in [2.24, 2.45) is 0 Å². The molecule has 0 aliphatic heterocycles. The molecule has 0 spiro atoms. The molecule has 1 heterocycles. The standard InChI is InChI=1S/C21H21NO4S/c1-2-27(24,25)18-8-6-17(7-9-18)22-21(23)12-16-13-26-20-11-15-5-3-4-14(15)10-19(16)20/h6-11,13H,2-5,12H2,1H3,(H,22,23). The highest BCUT2D eigenvalue weighted by molar-refractivity contribution is 7.91. The second kappa shape index (κ2) is 6.85. The Balaban J connectivity index is 1.49. The Labute approximate surface area is 158 Å². The van der Waals surface area contributed by atoms with Crippen LogP contribution < -0.4 is 5.32 Å². The molecule has 0 atom stereocenters. The first-order valence-electron chi connectivity index (χ1n) is 9.11. The van der Waals surface area contributed by atoms with E-state index in [2.05, 4.69) is 17.4 Å². The minimum absolute atomic E-state index is 0.0516. The highest BCUT2D eigenvalue weighted by Gasteiger charge is 2.17. The van der Waals surface area contributed by atoms with E-state index in [4.69, 9.17) is 4.42 Å². The number of sulfone groups is 1. The lowest BCUT2D eigenvalue weighted by Gasteiger charge is -2.06. The SMILES string of the molecule is CCS(=O)(=O)c1ccc(NC(=O)Cc2coc3cc4c(cc23)CCC4)cc1. The summed E-state index contributed by atoms with van der Waals surface area (Å²) in [6.45, 7) is 1.61. The summed E-state index contributed by atoms with van der Waals surface area (Å²) in [5.41, 5.74) is 4.95. The van der Waals surface area contributed by atoms with Gasteiger partial charge in [0.15, 0.2) is 9.84 Å². The number of aryl methyl sites for hydroxylation is 2. The van der Waals surface area contributed by atoms with Crippen LogP contribution in [0.2, 0.25) is 0 Å². The van der Waals surface area contributed by atoms with Crippen LogP contribution in [0.3, 0.4) is 0 Å². The van der Waals surface area contributed by atoms with E-state index in [9.17, 15) is 13.2 Å². The molecule has 1 aromatic heterocycles. The molecule has 4 rings (SSSR count). The molecule has 0 saturated carbocycles. The molecule has 0 fully saturated rings. The van der Waals surface area contributed by atoms with Crippen LogP contribution in [-0.4, -0.2) is 20.1 Å². The van der Waals surface area contributed by atoms with Crippen molar-refractivity contribution in [1.29, 1.82) is 0 Å². The van der Waals surface area contributed by atoms with Crippen molar-refractivity contribution in [3.05, 3.63) is 59.4 Å². The van der Waals surface area contributed by atoms with Gasteiger partial charge >= 0.3 is 0 Å². The van der Waals surface area contributed by atoms with E-state index >= 15 is 0 Å². The van der Waals surface area contributed by atoms with Crippen molar-refractivity contribution in [1.82, 2.24) is 0 Å².